The van der Waals surface area contributed by atoms with Crippen LogP contribution in [0.1, 0.15) is 0 Å². The third-order valence-electron chi connectivity index (χ3n) is 1.54. The smallest absolute Gasteiger partial charge is 0.394 e. The minimum atomic E-state index is -0.476. The van der Waals surface area contributed by atoms with Gasteiger partial charge in [0.05, 0.1) is 17.1 Å². The van der Waals surface area contributed by atoms with Gasteiger partial charge in [0.1, 0.15) is 5.82 Å². The van der Waals surface area contributed by atoms with Crippen LogP contribution >= 0.6 is 27.5 Å². The van der Waals surface area contributed by atoms with Crippen molar-refractivity contribution in [2.24, 2.45) is 0 Å². The Morgan fingerprint density at radius 1 is 1.50 bits per heavy atom. The Bertz CT molecular complexity index is 522. The first kappa shape index (κ1) is 9.54. The Labute approximate surface area is 90.5 Å². The van der Waals surface area contributed by atoms with Crippen molar-refractivity contribution in [3.05, 3.63) is 38.2 Å². The highest BCUT2D eigenvalue weighted by atomic mass is 79.9. The Morgan fingerprint density at radius 3 is 2.86 bits per heavy atom. The predicted molar refractivity (Wildman–Crippen MR) is 53.7 cm³/mol. The molecule has 1 aromatic heterocycles. The molecule has 0 amide bonds. The predicted octanol–water partition coefficient (Wildman–Crippen LogP) is 2.66. The van der Waals surface area contributed by atoms with E-state index in [9.17, 15) is 9.18 Å². The Hall–Kier alpha value is -1.01. The first-order valence-corrected chi connectivity index (χ1v) is 5.16. The third kappa shape index (κ3) is 1.76. The van der Waals surface area contributed by atoms with Crippen LogP contribution in [0.15, 0.2) is 31.9 Å². The summed E-state index contributed by atoms with van der Waals surface area (Å²) in [5, 5.41) is 0. The lowest BCUT2D eigenvalue weighted by molar-refractivity contribution is 0.542. The molecule has 1 heterocycles. The summed E-state index contributed by atoms with van der Waals surface area (Å²) >= 11 is 3.88. The molecule has 0 atom stereocenters. The van der Waals surface area contributed by atoms with Crippen molar-refractivity contribution in [3.63, 3.8) is 0 Å². The van der Waals surface area contributed by atoms with Crippen LogP contribution in [-0.4, -0.2) is 4.37 Å². The number of hydrogen-bond acceptors (Lipinski definition) is 4. The van der Waals surface area contributed by atoms with Crippen molar-refractivity contribution < 1.29 is 8.81 Å². The molecule has 0 fully saturated rings. The Morgan fingerprint density at radius 2 is 2.29 bits per heavy atom. The van der Waals surface area contributed by atoms with E-state index in [-0.39, 0.29) is 11.7 Å². The van der Waals surface area contributed by atoms with Gasteiger partial charge < -0.3 is 4.42 Å². The summed E-state index contributed by atoms with van der Waals surface area (Å²) in [6.45, 7) is 0. The van der Waals surface area contributed by atoms with Crippen LogP contribution < -0.4 is 4.94 Å². The van der Waals surface area contributed by atoms with Crippen molar-refractivity contribution in [3.8, 4) is 11.5 Å². The second-order valence-corrected chi connectivity index (χ2v) is 4.02. The molecule has 0 aliphatic heterocycles. The minimum Gasteiger partial charge on any atom is -0.394 e. The van der Waals surface area contributed by atoms with Crippen LogP contribution in [0.4, 0.5) is 4.39 Å². The highest BCUT2D eigenvalue weighted by Gasteiger charge is 2.09. The zero-order valence-corrected chi connectivity index (χ0v) is 9.06. The standard InChI is InChI=1S/C8H3BrFNO2S/c9-6-3-4(10)1-2-5(6)7-11-14-8(12)13-7/h1-3H. The zero-order valence-electron chi connectivity index (χ0n) is 6.66. The fraction of sp³-hybridized carbons (Fsp3) is 0. The van der Waals surface area contributed by atoms with Gasteiger partial charge in [-0.1, -0.05) is 0 Å². The molecule has 0 bridgehead atoms. The first-order chi connectivity index (χ1) is 6.66. The van der Waals surface area contributed by atoms with Gasteiger partial charge in [-0.2, -0.15) is 0 Å². The van der Waals surface area contributed by atoms with E-state index < -0.39 is 4.94 Å². The Kier molecular flexibility index (Phi) is 2.47. The second kappa shape index (κ2) is 3.62. The SMILES string of the molecule is O=c1oc(-c2ccc(F)cc2Br)ns1. The normalized spacial score (nSPS) is 10.4. The summed E-state index contributed by atoms with van der Waals surface area (Å²) < 4.78 is 21.8. The van der Waals surface area contributed by atoms with E-state index in [0.717, 1.165) is 11.5 Å². The maximum Gasteiger partial charge on any atom is 0.414 e. The lowest BCUT2D eigenvalue weighted by Crippen LogP contribution is -1.84. The molecule has 0 saturated heterocycles. The van der Waals surface area contributed by atoms with Crippen molar-refractivity contribution >= 4 is 27.5 Å². The minimum absolute atomic E-state index is 0.201. The molecule has 14 heavy (non-hydrogen) atoms. The molecule has 1 aromatic carbocycles. The highest BCUT2D eigenvalue weighted by molar-refractivity contribution is 9.10. The maximum absolute atomic E-state index is 12.7. The van der Waals surface area contributed by atoms with Crippen molar-refractivity contribution in [2.45, 2.75) is 0 Å². The van der Waals surface area contributed by atoms with Gasteiger partial charge in [0, 0.05) is 4.47 Å². The molecular weight excluding hydrogens is 273 g/mol. The van der Waals surface area contributed by atoms with Gasteiger partial charge >= 0.3 is 4.94 Å². The molecule has 0 aliphatic rings. The average Bonchev–Trinajstić information content (AvgIpc) is 2.51. The molecule has 0 spiro atoms. The van der Waals surface area contributed by atoms with E-state index in [0.29, 0.717) is 10.0 Å². The van der Waals surface area contributed by atoms with Gasteiger partial charge in [0.2, 0.25) is 5.89 Å². The maximum atomic E-state index is 12.7. The van der Waals surface area contributed by atoms with Crippen LogP contribution in [0.5, 0.6) is 0 Å². The molecule has 0 radical (unpaired) electrons. The third-order valence-corrected chi connectivity index (χ3v) is 2.69. The van der Waals surface area contributed by atoms with Gasteiger partial charge in [0.15, 0.2) is 0 Å². The molecule has 0 N–H and O–H groups in total. The van der Waals surface area contributed by atoms with E-state index in [1.165, 1.54) is 18.2 Å². The summed E-state index contributed by atoms with van der Waals surface area (Å²) in [4.78, 5) is 10.3. The molecule has 6 heteroatoms. The number of aromatic nitrogens is 1. The highest BCUT2D eigenvalue weighted by Crippen LogP contribution is 2.27. The van der Waals surface area contributed by atoms with Gasteiger partial charge in [-0.25, -0.2) is 9.18 Å². The van der Waals surface area contributed by atoms with Crippen LogP contribution in [-0.2, 0) is 0 Å². The van der Waals surface area contributed by atoms with Crippen molar-refractivity contribution in [2.75, 3.05) is 0 Å². The molecule has 72 valence electrons. The van der Waals surface area contributed by atoms with E-state index >= 15 is 0 Å². The number of rotatable bonds is 1. The van der Waals surface area contributed by atoms with E-state index in [2.05, 4.69) is 20.3 Å². The number of hydrogen-bond donors (Lipinski definition) is 0. The molecule has 0 unspecified atom stereocenters. The number of benzene rings is 1. The lowest BCUT2D eigenvalue weighted by Gasteiger charge is -1.97. The van der Waals surface area contributed by atoms with Crippen molar-refractivity contribution in [1.82, 2.24) is 4.37 Å². The lowest BCUT2D eigenvalue weighted by atomic mass is 10.2. The van der Waals surface area contributed by atoms with Crippen LogP contribution in [0.2, 0.25) is 0 Å². The molecule has 3 nitrogen and oxygen atoms in total. The molecule has 2 rings (SSSR count). The number of halogens is 2. The fourth-order valence-electron chi connectivity index (χ4n) is 0.962. The van der Waals surface area contributed by atoms with Gasteiger partial charge in [0.25, 0.3) is 0 Å². The monoisotopic (exact) mass is 275 g/mol. The van der Waals surface area contributed by atoms with Gasteiger partial charge in [-0.05, 0) is 34.1 Å². The topological polar surface area (TPSA) is 43.1 Å². The summed E-state index contributed by atoms with van der Waals surface area (Å²) in [6, 6.07) is 4.06. The summed E-state index contributed by atoms with van der Waals surface area (Å²) in [5.74, 6) is -0.162. The molecular formula is C8H3BrFNO2S. The van der Waals surface area contributed by atoms with E-state index in [1.54, 1.807) is 0 Å². The van der Waals surface area contributed by atoms with Crippen LogP contribution in [0.25, 0.3) is 11.5 Å². The largest absolute Gasteiger partial charge is 0.414 e. The average molecular weight is 276 g/mol. The molecule has 2 aromatic rings. The second-order valence-electron chi connectivity index (χ2n) is 2.46. The number of nitrogens with zero attached hydrogens (tertiary/aromatic N) is 1. The quantitative estimate of drug-likeness (QED) is 0.804. The van der Waals surface area contributed by atoms with Crippen LogP contribution in [0, 0.1) is 5.82 Å². The van der Waals surface area contributed by atoms with E-state index in [4.69, 9.17) is 4.42 Å². The van der Waals surface area contributed by atoms with Gasteiger partial charge in [-0.3, -0.25) is 0 Å². The first-order valence-electron chi connectivity index (χ1n) is 3.59. The van der Waals surface area contributed by atoms with Crippen molar-refractivity contribution in [1.29, 1.82) is 0 Å². The molecule has 0 saturated carbocycles. The summed E-state index contributed by atoms with van der Waals surface area (Å²) in [7, 11) is 0. The summed E-state index contributed by atoms with van der Waals surface area (Å²) in [6.07, 6.45) is 0. The van der Waals surface area contributed by atoms with Gasteiger partial charge in [-0.15, -0.1) is 4.37 Å². The zero-order chi connectivity index (χ0) is 10.1. The van der Waals surface area contributed by atoms with Crippen LogP contribution in [0.3, 0.4) is 0 Å². The van der Waals surface area contributed by atoms with E-state index in [1.807, 2.05) is 0 Å². The fourth-order valence-corrected chi connectivity index (χ4v) is 1.89. The summed E-state index contributed by atoms with van der Waals surface area (Å²) in [5.41, 5.74) is 0.560. The Balaban J connectivity index is 2.57. The molecule has 0 aliphatic carbocycles.